The third-order valence-electron chi connectivity index (χ3n) is 2.79. The molecule has 3 aromatic rings. The summed E-state index contributed by atoms with van der Waals surface area (Å²) in [6, 6.07) is 8.75. The molecule has 96 valence electrons. The van der Waals surface area contributed by atoms with Gasteiger partial charge in [0.25, 0.3) is 0 Å². The summed E-state index contributed by atoms with van der Waals surface area (Å²) >= 11 is 8.47. The van der Waals surface area contributed by atoms with Gasteiger partial charge in [-0.25, -0.2) is 8.78 Å². The van der Waals surface area contributed by atoms with Crippen molar-refractivity contribution in [1.29, 1.82) is 0 Å². The van der Waals surface area contributed by atoms with E-state index in [4.69, 9.17) is 12.2 Å². The summed E-state index contributed by atoms with van der Waals surface area (Å²) < 4.78 is 29.8. The van der Waals surface area contributed by atoms with E-state index >= 15 is 0 Å². The van der Waals surface area contributed by atoms with Crippen LogP contribution >= 0.6 is 28.1 Å². The predicted octanol–water partition coefficient (Wildman–Crippen LogP) is 4.73. The zero-order chi connectivity index (χ0) is 13.6. The number of benzene rings is 2. The summed E-state index contributed by atoms with van der Waals surface area (Å²) in [5, 5.41) is 0. The third-order valence-corrected chi connectivity index (χ3v) is 3.57. The quantitative estimate of drug-likeness (QED) is 0.635. The molecule has 0 unspecified atom stereocenters. The highest BCUT2D eigenvalue weighted by molar-refractivity contribution is 9.10. The van der Waals surface area contributed by atoms with Crippen molar-refractivity contribution in [3.8, 4) is 5.69 Å². The van der Waals surface area contributed by atoms with Crippen LogP contribution < -0.4 is 0 Å². The molecule has 0 aliphatic heterocycles. The zero-order valence-electron chi connectivity index (χ0n) is 9.45. The van der Waals surface area contributed by atoms with Gasteiger partial charge in [0.2, 0.25) is 0 Å². The Hall–Kier alpha value is -1.53. The average molecular weight is 341 g/mol. The van der Waals surface area contributed by atoms with Gasteiger partial charge in [-0.05, 0) is 42.5 Å². The second-order valence-corrected chi connectivity index (χ2v) is 5.33. The number of aromatic amines is 1. The molecule has 0 radical (unpaired) electrons. The number of hydrogen-bond acceptors (Lipinski definition) is 1. The summed E-state index contributed by atoms with van der Waals surface area (Å²) in [5.74, 6) is -0.824. The SMILES string of the molecule is Fc1ccc2[nH]c(=S)n(-c3cc(Br)ccc3F)c2c1. The van der Waals surface area contributed by atoms with Gasteiger partial charge in [-0.2, -0.15) is 0 Å². The van der Waals surface area contributed by atoms with E-state index < -0.39 is 11.6 Å². The minimum atomic E-state index is -0.426. The van der Waals surface area contributed by atoms with Crippen molar-refractivity contribution in [3.63, 3.8) is 0 Å². The second kappa shape index (κ2) is 4.54. The number of imidazole rings is 1. The molecular formula is C13H7BrF2N2S. The van der Waals surface area contributed by atoms with Crippen LogP contribution in [0.1, 0.15) is 0 Å². The summed E-state index contributed by atoms with van der Waals surface area (Å²) in [6.07, 6.45) is 0. The minimum Gasteiger partial charge on any atom is -0.330 e. The molecule has 0 saturated heterocycles. The lowest BCUT2D eigenvalue weighted by molar-refractivity contribution is 0.617. The van der Waals surface area contributed by atoms with Crippen molar-refractivity contribution in [2.45, 2.75) is 0 Å². The van der Waals surface area contributed by atoms with Gasteiger partial charge < -0.3 is 4.98 Å². The Morgan fingerprint density at radius 3 is 2.68 bits per heavy atom. The molecule has 0 atom stereocenters. The van der Waals surface area contributed by atoms with Crippen LogP contribution in [0.2, 0.25) is 0 Å². The first-order valence-corrected chi connectivity index (χ1v) is 6.62. The van der Waals surface area contributed by atoms with Crippen LogP contribution in [0.25, 0.3) is 16.7 Å². The van der Waals surface area contributed by atoms with E-state index in [1.807, 2.05) is 0 Å². The molecule has 1 heterocycles. The molecule has 19 heavy (non-hydrogen) atoms. The molecule has 0 aliphatic carbocycles. The van der Waals surface area contributed by atoms with Gasteiger partial charge in [-0.1, -0.05) is 15.9 Å². The molecule has 6 heteroatoms. The van der Waals surface area contributed by atoms with Crippen LogP contribution in [0.15, 0.2) is 40.9 Å². The first kappa shape index (κ1) is 12.5. The maximum absolute atomic E-state index is 13.9. The van der Waals surface area contributed by atoms with E-state index in [0.717, 1.165) is 4.47 Å². The lowest BCUT2D eigenvalue weighted by atomic mass is 10.2. The van der Waals surface area contributed by atoms with Crippen molar-refractivity contribution in [1.82, 2.24) is 9.55 Å². The molecule has 2 aromatic carbocycles. The summed E-state index contributed by atoms with van der Waals surface area (Å²) in [5.41, 5.74) is 1.43. The fraction of sp³-hybridized carbons (Fsp3) is 0. The normalized spacial score (nSPS) is 11.1. The van der Waals surface area contributed by atoms with Crippen LogP contribution in [0.5, 0.6) is 0 Å². The fourth-order valence-electron chi connectivity index (χ4n) is 1.97. The first-order chi connectivity index (χ1) is 9.06. The molecule has 0 aliphatic rings. The van der Waals surface area contributed by atoms with E-state index in [1.54, 1.807) is 18.2 Å². The minimum absolute atomic E-state index is 0.274. The number of nitrogens with one attached hydrogen (secondary N) is 1. The molecule has 1 N–H and O–H groups in total. The van der Waals surface area contributed by atoms with Gasteiger partial charge in [0.05, 0.1) is 16.7 Å². The molecule has 0 bridgehead atoms. The number of hydrogen-bond donors (Lipinski definition) is 1. The number of aromatic nitrogens is 2. The molecule has 2 nitrogen and oxygen atoms in total. The van der Waals surface area contributed by atoms with Crippen LogP contribution in [0.3, 0.4) is 0 Å². The Bertz CT molecular complexity index is 838. The Balaban J connectivity index is 2.42. The molecule has 0 fully saturated rings. The van der Waals surface area contributed by atoms with E-state index in [2.05, 4.69) is 20.9 Å². The van der Waals surface area contributed by atoms with Crippen molar-refractivity contribution in [2.75, 3.05) is 0 Å². The number of fused-ring (bicyclic) bond motifs is 1. The van der Waals surface area contributed by atoms with E-state index in [9.17, 15) is 8.78 Å². The molecule has 0 amide bonds. The van der Waals surface area contributed by atoms with E-state index in [0.29, 0.717) is 15.8 Å². The van der Waals surface area contributed by atoms with Crippen molar-refractivity contribution >= 4 is 39.2 Å². The van der Waals surface area contributed by atoms with Gasteiger partial charge in [-0.15, -0.1) is 0 Å². The lowest BCUT2D eigenvalue weighted by Gasteiger charge is -2.06. The zero-order valence-corrected chi connectivity index (χ0v) is 11.9. The number of rotatable bonds is 1. The first-order valence-electron chi connectivity index (χ1n) is 5.42. The summed E-state index contributed by atoms with van der Waals surface area (Å²) in [4.78, 5) is 2.93. The highest BCUT2D eigenvalue weighted by Gasteiger charge is 2.11. The van der Waals surface area contributed by atoms with Crippen LogP contribution in [0, 0.1) is 16.4 Å². The maximum Gasteiger partial charge on any atom is 0.182 e. The third kappa shape index (κ3) is 2.11. The molecular weight excluding hydrogens is 334 g/mol. The monoisotopic (exact) mass is 340 g/mol. The molecule has 1 aromatic heterocycles. The largest absolute Gasteiger partial charge is 0.330 e. The Labute approximate surface area is 120 Å². The van der Waals surface area contributed by atoms with Crippen molar-refractivity contribution in [3.05, 3.63) is 57.3 Å². The molecule has 3 rings (SSSR count). The predicted molar refractivity (Wildman–Crippen MR) is 76.1 cm³/mol. The highest BCUT2D eigenvalue weighted by Crippen LogP contribution is 2.25. The van der Waals surface area contributed by atoms with E-state index in [1.165, 1.54) is 22.8 Å². The lowest BCUT2D eigenvalue weighted by Crippen LogP contribution is -1.98. The number of H-pyrrole nitrogens is 1. The highest BCUT2D eigenvalue weighted by atomic mass is 79.9. The topological polar surface area (TPSA) is 20.7 Å². The average Bonchev–Trinajstić information content (AvgIpc) is 2.68. The number of nitrogens with zero attached hydrogens (tertiary/aromatic N) is 1. The van der Waals surface area contributed by atoms with Gasteiger partial charge >= 0.3 is 0 Å². The van der Waals surface area contributed by atoms with Gasteiger partial charge in [0, 0.05) is 10.5 Å². The van der Waals surface area contributed by atoms with Gasteiger partial charge in [0.15, 0.2) is 4.77 Å². The molecule has 0 spiro atoms. The van der Waals surface area contributed by atoms with Crippen molar-refractivity contribution < 1.29 is 8.78 Å². The van der Waals surface area contributed by atoms with Crippen molar-refractivity contribution in [2.24, 2.45) is 0 Å². The molecule has 0 saturated carbocycles. The smallest absolute Gasteiger partial charge is 0.182 e. The summed E-state index contributed by atoms with van der Waals surface area (Å²) in [7, 11) is 0. The fourth-order valence-corrected chi connectivity index (χ4v) is 2.63. The number of halogens is 3. The standard InChI is InChI=1S/C13H7BrF2N2S/c14-7-1-3-9(16)11(5-7)18-12-6-8(15)2-4-10(12)17-13(18)19/h1-6H,(H,17,19). The second-order valence-electron chi connectivity index (χ2n) is 4.02. The Kier molecular flexibility index (Phi) is 2.99. The Morgan fingerprint density at radius 1 is 1.11 bits per heavy atom. The van der Waals surface area contributed by atoms with Gasteiger partial charge in [-0.3, -0.25) is 4.57 Å². The summed E-state index contributed by atoms with van der Waals surface area (Å²) in [6.45, 7) is 0. The maximum atomic E-state index is 13.9. The van der Waals surface area contributed by atoms with Crippen LogP contribution in [-0.4, -0.2) is 9.55 Å². The van der Waals surface area contributed by atoms with E-state index in [-0.39, 0.29) is 5.69 Å². The van der Waals surface area contributed by atoms with Crippen LogP contribution in [0.4, 0.5) is 8.78 Å². The van der Waals surface area contributed by atoms with Crippen LogP contribution in [-0.2, 0) is 0 Å². The van der Waals surface area contributed by atoms with Gasteiger partial charge in [0.1, 0.15) is 11.6 Å². The Morgan fingerprint density at radius 2 is 1.89 bits per heavy atom.